The van der Waals surface area contributed by atoms with Crippen molar-refractivity contribution in [2.75, 3.05) is 6.54 Å². The lowest BCUT2D eigenvalue weighted by Gasteiger charge is -2.10. The summed E-state index contributed by atoms with van der Waals surface area (Å²) in [6.07, 6.45) is 0.0796. The predicted molar refractivity (Wildman–Crippen MR) is 69.5 cm³/mol. The van der Waals surface area contributed by atoms with Gasteiger partial charge in [0.15, 0.2) is 0 Å². The van der Waals surface area contributed by atoms with Gasteiger partial charge in [0.05, 0.1) is 12.6 Å². The molecule has 0 saturated carbocycles. The number of carbonyl (C=O) groups is 1. The molecule has 4 heteroatoms. The Kier molecular flexibility index (Phi) is 5.04. The molecule has 1 aromatic rings. The first-order valence-electron chi connectivity index (χ1n) is 5.37. The van der Waals surface area contributed by atoms with Crippen LogP contribution in [0.2, 0.25) is 0 Å². The molecule has 0 fully saturated rings. The largest absolute Gasteiger partial charge is 0.491 e. The maximum atomic E-state index is 11.7. The third-order valence-corrected chi connectivity index (χ3v) is 2.04. The van der Waals surface area contributed by atoms with Gasteiger partial charge in [-0.1, -0.05) is 24.2 Å². The van der Waals surface area contributed by atoms with Gasteiger partial charge in [-0.15, -0.1) is 0 Å². The van der Waals surface area contributed by atoms with Crippen molar-refractivity contribution >= 4 is 17.5 Å². The van der Waals surface area contributed by atoms with Crippen LogP contribution in [0.1, 0.15) is 24.2 Å². The molecule has 0 radical (unpaired) electrons. The standard InChI is InChI=1S/C13H16ClNO2/c1-9(2)17-12-6-4-5-11(7-12)13(16)15-8-10(3)14/h4-7,9H,3,8H2,1-2H3,(H,15,16). The highest BCUT2D eigenvalue weighted by molar-refractivity contribution is 6.29. The van der Waals surface area contributed by atoms with Crippen LogP contribution in [0.15, 0.2) is 35.9 Å². The summed E-state index contributed by atoms with van der Waals surface area (Å²) in [5, 5.41) is 3.05. The van der Waals surface area contributed by atoms with Gasteiger partial charge >= 0.3 is 0 Å². The molecule has 0 aliphatic heterocycles. The molecule has 1 aromatic carbocycles. The third kappa shape index (κ3) is 4.91. The van der Waals surface area contributed by atoms with Gasteiger partial charge in [0.2, 0.25) is 0 Å². The molecule has 0 bridgehead atoms. The van der Waals surface area contributed by atoms with E-state index in [1.807, 2.05) is 19.9 Å². The average molecular weight is 254 g/mol. The van der Waals surface area contributed by atoms with E-state index in [0.717, 1.165) is 0 Å². The van der Waals surface area contributed by atoms with E-state index in [4.69, 9.17) is 16.3 Å². The first kappa shape index (κ1) is 13.6. The lowest BCUT2D eigenvalue weighted by molar-refractivity contribution is 0.0957. The Morgan fingerprint density at radius 3 is 2.82 bits per heavy atom. The SMILES string of the molecule is C=C(Cl)CNC(=O)c1cccc(OC(C)C)c1. The zero-order valence-corrected chi connectivity index (χ0v) is 10.8. The highest BCUT2D eigenvalue weighted by atomic mass is 35.5. The fraction of sp³-hybridized carbons (Fsp3) is 0.308. The minimum atomic E-state index is -0.194. The maximum absolute atomic E-state index is 11.7. The molecule has 1 N–H and O–H groups in total. The maximum Gasteiger partial charge on any atom is 0.251 e. The van der Waals surface area contributed by atoms with Gasteiger partial charge in [0.25, 0.3) is 5.91 Å². The first-order chi connectivity index (χ1) is 7.99. The summed E-state index contributed by atoms with van der Waals surface area (Å²) in [5.74, 6) is 0.485. The third-order valence-electron chi connectivity index (χ3n) is 1.91. The van der Waals surface area contributed by atoms with Crippen molar-refractivity contribution < 1.29 is 9.53 Å². The molecular weight excluding hydrogens is 238 g/mol. The molecular formula is C13H16ClNO2. The Balaban J connectivity index is 2.70. The van der Waals surface area contributed by atoms with Crippen molar-refractivity contribution in [3.8, 4) is 5.75 Å². The van der Waals surface area contributed by atoms with Gasteiger partial charge in [-0.2, -0.15) is 0 Å². The minimum absolute atomic E-state index is 0.0796. The van der Waals surface area contributed by atoms with Crippen LogP contribution in [-0.4, -0.2) is 18.6 Å². The van der Waals surface area contributed by atoms with Crippen LogP contribution < -0.4 is 10.1 Å². The zero-order chi connectivity index (χ0) is 12.8. The highest BCUT2D eigenvalue weighted by Gasteiger charge is 2.07. The second-order valence-electron chi connectivity index (χ2n) is 3.89. The van der Waals surface area contributed by atoms with E-state index in [1.54, 1.807) is 18.2 Å². The number of hydrogen-bond acceptors (Lipinski definition) is 2. The summed E-state index contributed by atoms with van der Waals surface area (Å²) in [5.41, 5.74) is 0.543. The summed E-state index contributed by atoms with van der Waals surface area (Å²) in [7, 11) is 0. The van der Waals surface area contributed by atoms with Gasteiger partial charge in [0, 0.05) is 10.6 Å². The van der Waals surface area contributed by atoms with E-state index < -0.39 is 0 Å². The van der Waals surface area contributed by atoms with Crippen LogP contribution in [0.4, 0.5) is 0 Å². The smallest absolute Gasteiger partial charge is 0.251 e. The van der Waals surface area contributed by atoms with Crippen LogP contribution in [0.5, 0.6) is 5.75 Å². The number of ether oxygens (including phenoxy) is 1. The summed E-state index contributed by atoms with van der Waals surface area (Å²) in [6.45, 7) is 7.63. The first-order valence-corrected chi connectivity index (χ1v) is 5.75. The second kappa shape index (κ2) is 6.30. The van der Waals surface area contributed by atoms with E-state index in [1.165, 1.54) is 0 Å². The molecule has 3 nitrogen and oxygen atoms in total. The van der Waals surface area contributed by atoms with Gasteiger partial charge < -0.3 is 10.1 Å². The number of carbonyl (C=O) groups excluding carboxylic acids is 1. The monoisotopic (exact) mass is 253 g/mol. The van der Waals surface area contributed by atoms with Crippen LogP contribution in [-0.2, 0) is 0 Å². The van der Waals surface area contributed by atoms with Crippen LogP contribution in [0.3, 0.4) is 0 Å². The lowest BCUT2D eigenvalue weighted by atomic mass is 10.2. The number of halogens is 1. The van der Waals surface area contributed by atoms with E-state index in [-0.39, 0.29) is 18.6 Å². The molecule has 0 heterocycles. The number of benzene rings is 1. The Labute approximate surface area is 106 Å². The molecule has 0 spiro atoms. The Hall–Kier alpha value is -1.48. The number of amides is 1. The van der Waals surface area contributed by atoms with E-state index in [2.05, 4.69) is 11.9 Å². The van der Waals surface area contributed by atoms with Crippen LogP contribution in [0.25, 0.3) is 0 Å². The molecule has 1 amide bonds. The summed E-state index contributed by atoms with van der Waals surface area (Å²) < 4.78 is 5.51. The number of hydrogen-bond donors (Lipinski definition) is 1. The molecule has 0 saturated heterocycles. The summed E-state index contributed by atoms with van der Waals surface area (Å²) in [4.78, 5) is 11.7. The van der Waals surface area contributed by atoms with Crippen molar-refractivity contribution in [2.45, 2.75) is 20.0 Å². The molecule has 0 atom stereocenters. The molecule has 0 aliphatic carbocycles. The lowest BCUT2D eigenvalue weighted by Crippen LogP contribution is -2.24. The van der Waals surface area contributed by atoms with E-state index >= 15 is 0 Å². The number of rotatable bonds is 5. The van der Waals surface area contributed by atoms with Gasteiger partial charge in [0.1, 0.15) is 5.75 Å². The fourth-order valence-electron chi connectivity index (χ4n) is 1.26. The van der Waals surface area contributed by atoms with Crippen molar-refractivity contribution in [3.05, 3.63) is 41.4 Å². The molecule has 17 heavy (non-hydrogen) atoms. The van der Waals surface area contributed by atoms with E-state index in [9.17, 15) is 4.79 Å². The summed E-state index contributed by atoms with van der Waals surface area (Å²) in [6, 6.07) is 7.02. The number of nitrogens with one attached hydrogen (secondary N) is 1. The van der Waals surface area contributed by atoms with E-state index in [0.29, 0.717) is 16.3 Å². The Morgan fingerprint density at radius 1 is 1.53 bits per heavy atom. The average Bonchev–Trinajstić information content (AvgIpc) is 2.25. The van der Waals surface area contributed by atoms with Gasteiger partial charge in [-0.3, -0.25) is 4.79 Å². The quantitative estimate of drug-likeness (QED) is 0.876. The fourth-order valence-corrected chi connectivity index (χ4v) is 1.33. The zero-order valence-electron chi connectivity index (χ0n) is 10.00. The van der Waals surface area contributed by atoms with Crippen molar-refractivity contribution in [1.82, 2.24) is 5.32 Å². The topological polar surface area (TPSA) is 38.3 Å². The molecule has 0 unspecified atom stereocenters. The predicted octanol–water partition coefficient (Wildman–Crippen LogP) is 2.96. The Morgan fingerprint density at radius 2 is 2.24 bits per heavy atom. The Bertz CT molecular complexity index is 416. The highest BCUT2D eigenvalue weighted by Crippen LogP contribution is 2.14. The van der Waals surface area contributed by atoms with Gasteiger partial charge in [-0.05, 0) is 32.0 Å². The van der Waals surface area contributed by atoms with Crippen LogP contribution >= 0.6 is 11.6 Å². The van der Waals surface area contributed by atoms with Crippen LogP contribution in [0, 0.1) is 0 Å². The normalized spacial score (nSPS) is 10.1. The minimum Gasteiger partial charge on any atom is -0.491 e. The van der Waals surface area contributed by atoms with Crippen molar-refractivity contribution in [1.29, 1.82) is 0 Å². The van der Waals surface area contributed by atoms with Crippen molar-refractivity contribution in [3.63, 3.8) is 0 Å². The molecule has 0 aromatic heterocycles. The second-order valence-corrected chi connectivity index (χ2v) is 4.43. The molecule has 92 valence electrons. The van der Waals surface area contributed by atoms with Gasteiger partial charge in [-0.25, -0.2) is 0 Å². The van der Waals surface area contributed by atoms with Crippen molar-refractivity contribution in [2.24, 2.45) is 0 Å². The molecule has 0 aliphatic rings. The molecule has 1 rings (SSSR count). The summed E-state index contributed by atoms with van der Waals surface area (Å²) >= 11 is 5.58.